The van der Waals surface area contributed by atoms with Crippen LogP contribution in [-0.2, 0) is 16.1 Å². The molecule has 0 aliphatic heterocycles. The van der Waals surface area contributed by atoms with Crippen molar-refractivity contribution in [3.05, 3.63) is 94.5 Å². The van der Waals surface area contributed by atoms with Gasteiger partial charge in [0, 0.05) is 22.0 Å². The quantitative estimate of drug-likeness (QED) is 0.325. The first-order valence-corrected chi connectivity index (χ1v) is 11.5. The van der Waals surface area contributed by atoms with Gasteiger partial charge < -0.3 is 14.8 Å². The topological polar surface area (TPSA) is 77.5 Å². The number of nitrogens with zero attached hydrogens (tertiary/aromatic N) is 1. The van der Waals surface area contributed by atoms with Gasteiger partial charge in [-0.1, -0.05) is 58.4 Å². The monoisotopic (exact) mass is 518 g/mol. The minimum atomic E-state index is -0.964. The number of hydrogen-bond acceptors (Lipinski definition) is 5. The summed E-state index contributed by atoms with van der Waals surface area (Å²) in [6.45, 7) is 1.87. The van der Waals surface area contributed by atoms with Crippen molar-refractivity contribution in [2.24, 2.45) is 0 Å². The van der Waals surface area contributed by atoms with Gasteiger partial charge in [0.15, 0.2) is 6.10 Å². The lowest BCUT2D eigenvalue weighted by atomic mass is 10.0. The molecule has 0 saturated heterocycles. The average molecular weight is 519 g/mol. The van der Waals surface area contributed by atoms with E-state index in [-0.39, 0.29) is 5.91 Å². The number of carbonyl (C=O) groups is 2. The molecule has 0 spiro atoms. The molecule has 1 aromatic heterocycles. The Morgan fingerprint density at radius 2 is 1.71 bits per heavy atom. The third-order valence-electron chi connectivity index (χ3n) is 5.35. The summed E-state index contributed by atoms with van der Waals surface area (Å²) in [4.78, 5) is 30.4. The highest BCUT2D eigenvalue weighted by atomic mass is 79.9. The standard InChI is InChI=1S/C27H23BrN2O4/c1-17(26(31)29-16-18-7-13-21(33-2)14-8-18)34-27(32)23-15-25(19-9-11-20(28)12-10-19)30-24-6-4-3-5-22(23)24/h3-15,17H,16H2,1-2H3,(H,29,31). The fourth-order valence-corrected chi connectivity index (χ4v) is 3.73. The molecule has 3 aromatic carbocycles. The summed E-state index contributed by atoms with van der Waals surface area (Å²) >= 11 is 3.43. The predicted octanol–water partition coefficient (Wildman–Crippen LogP) is 5.53. The summed E-state index contributed by atoms with van der Waals surface area (Å²) in [5, 5.41) is 3.46. The first-order valence-electron chi connectivity index (χ1n) is 10.7. The van der Waals surface area contributed by atoms with Gasteiger partial charge in [0.05, 0.1) is 23.9 Å². The highest BCUT2D eigenvalue weighted by Crippen LogP contribution is 2.26. The summed E-state index contributed by atoms with van der Waals surface area (Å²) < 4.78 is 11.6. The summed E-state index contributed by atoms with van der Waals surface area (Å²) in [7, 11) is 1.60. The molecular formula is C27H23BrN2O4. The van der Waals surface area contributed by atoms with Crippen molar-refractivity contribution in [3.63, 3.8) is 0 Å². The smallest absolute Gasteiger partial charge is 0.339 e. The lowest BCUT2D eigenvalue weighted by Crippen LogP contribution is -2.35. The second-order valence-corrected chi connectivity index (χ2v) is 8.61. The van der Waals surface area contributed by atoms with E-state index in [0.717, 1.165) is 21.3 Å². The molecule has 0 fully saturated rings. The molecule has 0 aliphatic carbocycles. The number of rotatable bonds is 7. The second kappa shape index (κ2) is 10.5. The van der Waals surface area contributed by atoms with E-state index in [4.69, 9.17) is 14.5 Å². The first kappa shape index (κ1) is 23.4. The van der Waals surface area contributed by atoms with Crippen LogP contribution >= 0.6 is 15.9 Å². The molecule has 1 amide bonds. The van der Waals surface area contributed by atoms with E-state index in [2.05, 4.69) is 21.2 Å². The van der Waals surface area contributed by atoms with Crippen molar-refractivity contribution in [2.45, 2.75) is 19.6 Å². The number of esters is 1. The van der Waals surface area contributed by atoms with Gasteiger partial charge in [0.25, 0.3) is 5.91 Å². The number of methoxy groups -OCH3 is 1. The van der Waals surface area contributed by atoms with Crippen LogP contribution in [0.2, 0.25) is 0 Å². The molecule has 0 radical (unpaired) electrons. The lowest BCUT2D eigenvalue weighted by molar-refractivity contribution is -0.129. The zero-order valence-corrected chi connectivity index (χ0v) is 20.3. The fourth-order valence-electron chi connectivity index (χ4n) is 3.47. The Morgan fingerprint density at radius 1 is 1.00 bits per heavy atom. The summed E-state index contributed by atoms with van der Waals surface area (Å²) in [5.41, 5.74) is 3.46. The highest BCUT2D eigenvalue weighted by molar-refractivity contribution is 9.10. The number of carbonyl (C=O) groups excluding carboxylic acids is 2. The van der Waals surface area contributed by atoms with Crippen LogP contribution in [0.1, 0.15) is 22.8 Å². The van der Waals surface area contributed by atoms with E-state index in [1.165, 1.54) is 0 Å². The maximum Gasteiger partial charge on any atom is 0.339 e. The van der Waals surface area contributed by atoms with Crippen LogP contribution in [0.5, 0.6) is 5.75 Å². The van der Waals surface area contributed by atoms with Crippen LogP contribution in [0.4, 0.5) is 0 Å². The highest BCUT2D eigenvalue weighted by Gasteiger charge is 2.21. The van der Waals surface area contributed by atoms with E-state index in [1.54, 1.807) is 20.1 Å². The van der Waals surface area contributed by atoms with Gasteiger partial charge in [-0.3, -0.25) is 4.79 Å². The van der Waals surface area contributed by atoms with Gasteiger partial charge in [-0.25, -0.2) is 9.78 Å². The van der Waals surface area contributed by atoms with Crippen molar-refractivity contribution in [1.29, 1.82) is 0 Å². The van der Waals surface area contributed by atoms with E-state index < -0.39 is 12.1 Å². The number of para-hydroxylation sites is 1. The number of fused-ring (bicyclic) bond motifs is 1. The Balaban J connectivity index is 1.51. The number of pyridine rings is 1. The Hall–Kier alpha value is -3.71. The van der Waals surface area contributed by atoms with Gasteiger partial charge in [-0.05, 0) is 48.9 Å². The van der Waals surface area contributed by atoms with Crippen molar-refractivity contribution in [3.8, 4) is 17.0 Å². The number of hydrogen-bond donors (Lipinski definition) is 1. The van der Waals surface area contributed by atoms with E-state index in [9.17, 15) is 9.59 Å². The Labute approximate surface area is 206 Å². The minimum Gasteiger partial charge on any atom is -0.497 e. The van der Waals surface area contributed by atoms with Crippen molar-refractivity contribution in [2.75, 3.05) is 7.11 Å². The van der Waals surface area contributed by atoms with E-state index in [0.29, 0.717) is 28.7 Å². The maximum absolute atomic E-state index is 13.1. The molecule has 0 bridgehead atoms. The molecule has 172 valence electrons. The van der Waals surface area contributed by atoms with Gasteiger partial charge in [0.2, 0.25) is 0 Å². The zero-order valence-electron chi connectivity index (χ0n) is 18.7. The Bertz CT molecular complexity index is 1320. The number of amides is 1. The van der Waals surface area contributed by atoms with Crippen LogP contribution in [0.15, 0.2) is 83.3 Å². The van der Waals surface area contributed by atoms with Gasteiger partial charge in [-0.2, -0.15) is 0 Å². The number of benzene rings is 3. The average Bonchev–Trinajstić information content (AvgIpc) is 2.87. The fraction of sp³-hybridized carbons (Fsp3) is 0.148. The zero-order chi connectivity index (χ0) is 24.1. The van der Waals surface area contributed by atoms with Crippen molar-refractivity contribution < 1.29 is 19.1 Å². The molecule has 1 atom stereocenters. The molecule has 0 saturated carbocycles. The summed E-state index contributed by atoms with van der Waals surface area (Å²) in [6, 6.07) is 24.1. The molecule has 34 heavy (non-hydrogen) atoms. The van der Waals surface area contributed by atoms with Crippen LogP contribution in [0.25, 0.3) is 22.2 Å². The van der Waals surface area contributed by atoms with E-state index in [1.807, 2.05) is 72.8 Å². The molecule has 1 N–H and O–H groups in total. The molecular weight excluding hydrogens is 496 g/mol. The lowest BCUT2D eigenvalue weighted by Gasteiger charge is -2.15. The number of halogens is 1. The SMILES string of the molecule is COc1ccc(CNC(=O)C(C)OC(=O)c2cc(-c3ccc(Br)cc3)nc3ccccc23)cc1. The van der Waals surface area contributed by atoms with Crippen molar-refractivity contribution >= 4 is 38.7 Å². The van der Waals surface area contributed by atoms with Crippen LogP contribution in [-0.4, -0.2) is 30.1 Å². The van der Waals surface area contributed by atoms with Gasteiger partial charge in [0.1, 0.15) is 5.75 Å². The Morgan fingerprint density at radius 3 is 2.41 bits per heavy atom. The minimum absolute atomic E-state index is 0.316. The third kappa shape index (κ3) is 5.43. The number of nitrogens with one attached hydrogen (secondary N) is 1. The van der Waals surface area contributed by atoms with Crippen LogP contribution < -0.4 is 10.1 Å². The van der Waals surface area contributed by atoms with Gasteiger partial charge >= 0.3 is 5.97 Å². The first-order chi connectivity index (χ1) is 16.4. The van der Waals surface area contributed by atoms with E-state index >= 15 is 0 Å². The second-order valence-electron chi connectivity index (χ2n) is 7.69. The summed E-state index contributed by atoms with van der Waals surface area (Å²) in [5.74, 6) is -0.218. The largest absolute Gasteiger partial charge is 0.497 e. The predicted molar refractivity (Wildman–Crippen MR) is 135 cm³/mol. The Kier molecular flexibility index (Phi) is 7.23. The molecule has 4 rings (SSSR count). The normalized spacial score (nSPS) is 11.6. The summed E-state index contributed by atoms with van der Waals surface area (Å²) in [6.07, 6.45) is -0.964. The molecule has 6 nitrogen and oxygen atoms in total. The van der Waals surface area contributed by atoms with Crippen LogP contribution in [0, 0.1) is 0 Å². The van der Waals surface area contributed by atoms with Crippen molar-refractivity contribution in [1.82, 2.24) is 10.3 Å². The van der Waals surface area contributed by atoms with Gasteiger partial charge in [-0.15, -0.1) is 0 Å². The molecule has 0 aliphatic rings. The molecule has 7 heteroatoms. The molecule has 1 unspecified atom stereocenters. The number of ether oxygens (including phenoxy) is 2. The number of aromatic nitrogens is 1. The van der Waals surface area contributed by atoms with Crippen LogP contribution in [0.3, 0.4) is 0 Å². The maximum atomic E-state index is 13.1. The molecule has 1 heterocycles. The third-order valence-corrected chi connectivity index (χ3v) is 5.88. The molecule has 4 aromatic rings.